The number of alkyl halides is 1. The van der Waals surface area contributed by atoms with Crippen LogP contribution in [0.4, 0.5) is 5.69 Å². The van der Waals surface area contributed by atoms with Crippen LogP contribution in [-0.4, -0.2) is 41.4 Å². The van der Waals surface area contributed by atoms with Crippen molar-refractivity contribution in [2.75, 3.05) is 31.6 Å². The van der Waals surface area contributed by atoms with Crippen molar-refractivity contribution in [3.63, 3.8) is 0 Å². The number of rotatable bonds is 6. The molecule has 1 saturated heterocycles. The van der Waals surface area contributed by atoms with Gasteiger partial charge >= 0.3 is 0 Å². The Morgan fingerprint density at radius 3 is 2.48 bits per heavy atom. The number of anilines is 1. The molecule has 0 aromatic heterocycles. The van der Waals surface area contributed by atoms with E-state index in [2.05, 4.69) is 26.1 Å². The number of hydrogen-bond acceptors (Lipinski definition) is 3. The van der Waals surface area contributed by atoms with Crippen molar-refractivity contribution in [2.24, 2.45) is 0 Å². The normalized spacial score (nSPS) is 16.0. The molecule has 21 heavy (non-hydrogen) atoms. The summed E-state index contributed by atoms with van der Waals surface area (Å²) in [6.45, 7) is 7.71. The Morgan fingerprint density at radius 2 is 1.90 bits per heavy atom. The molecule has 0 aliphatic carbocycles. The standard InChI is InChI=1S/C16H23BrN2O2/c1-16(2,17)15(20)18-13-5-7-14(8-6-13)21-12-11-19-9-3-4-10-19/h5-8H,3-4,9-12H2,1-2H3,(H,18,20). The molecule has 0 unspecified atom stereocenters. The minimum absolute atomic E-state index is 0.0646. The van der Waals surface area contributed by atoms with Crippen molar-refractivity contribution in [2.45, 2.75) is 31.0 Å². The van der Waals surface area contributed by atoms with Gasteiger partial charge in [0.25, 0.3) is 0 Å². The van der Waals surface area contributed by atoms with Crippen LogP contribution in [0.3, 0.4) is 0 Å². The smallest absolute Gasteiger partial charge is 0.240 e. The maximum absolute atomic E-state index is 11.8. The van der Waals surface area contributed by atoms with Gasteiger partial charge in [0.15, 0.2) is 0 Å². The van der Waals surface area contributed by atoms with Crippen molar-refractivity contribution in [3.8, 4) is 5.75 Å². The quantitative estimate of drug-likeness (QED) is 0.797. The molecule has 1 aliphatic heterocycles. The summed E-state index contributed by atoms with van der Waals surface area (Å²) < 4.78 is 5.16. The van der Waals surface area contributed by atoms with Crippen LogP contribution < -0.4 is 10.1 Å². The van der Waals surface area contributed by atoms with Crippen molar-refractivity contribution in [1.29, 1.82) is 0 Å². The SMILES string of the molecule is CC(C)(Br)C(=O)Nc1ccc(OCCN2CCCC2)cc1. The first-order valence-corrected chi connectivity index (χ1v) is 8.20. The van der Waals surface area contributed by atoms with Gasteiger partial charge < -0.3 is 10.1 Å². The minimum Gasteiger partial charge on any atom is -0.492 e. The highest BCUT2D eigenvalue weighted by Gasteiger charge is 2.23. The third-order valence-electron chi connectivity index (χ3n) is 3.53. The maximum Gasteiger partial charge on any atom is 0.240 e. The molecule has 4 nitrogen and oxygen atoms in total. The van der Waals surface area contributed by atoms with E-state index in [0.717, 1.165) is 18.0 Å². The highest BCUT2D eigenvalue weighted by molar-refractivity contribution is 9.10. The van der Waals surface area contributed by atoms with Gasteiger partial charge in [0.05, 0.1) is 4.32 Å². The third kappa shape index (κ3) is 5.32. The largest absolute Gasteiger partial charge is 0.492 e. The Hall–Kier alpha value is -1.07. The fourth-order valence-electron chi connectivity index (χ4n) is 2.21. The second-order valence-corrected chi connectivity index (χ2v) is 7.83. The molecular formula is C16H23BrN2O2. The molecule has 1 aromatic rings. The minimum atomic E-state index is -0.572. The number of amides is 1. The first-order chi connectivity index (χ1) is 9.95. The molecule has 5 heteroatoms. The molecule has 0 spiro atoms. The average Bonchev–Trinajstić information content (AvgIpc) is 2.93. The number of nitrogens with one attached hydrogen (secondary N) is 1. The van der Waals surface area contributed by atoms with Gasteiger partial charge in [0.2, 0.25) is 5.91 Å². The Bertz CT molecular complexity index is 462. The zero-order chi connectivity index (χ0) is 15.3. The molecule has 1 fully saturated rings. The molecule has 0 atom stereocenters. The Balaban J connectivity index is 1.77. The summed E-state index contributed by atoms with van der Waals surface area (Å²) in [5.41, 5.74) is 0.777. The van der Waals surface area contributed by atoms with E-state index in [4.69, 9.17) is 4.74 Å². The number of ether oxygens (including phenoxy) is 1. The summed E-state index contributed by atoms with van der Waals surface area (Å²) in [5.74, 6) is 0.774. The number of hydrogen-bond donors (Lipinski definition) is 1. The molecule has 1 aliphatic rings. The van der Waals surface area contributed by atoms with E-state index < -0.39 is 4.32 Å². The van der Waals surface area contributed by atoms with Crippen molar-refractivity contribution >= 4 is 27.5 Å². The van der Waals surface area contributed by atoms with Gasteiger partial charge in [-0.05, 0) is 64.0 Å². The number of halogens is 1. The molecule has 2 rings (SSSR count). The van der Waals surface area contributed by atoms with Crippen LogP contribution in [0.1, 0.15) is 26.7 Å². The van der Waals surface area contributed by atoms with E-state index >= 15 is 0 Å². The summed E-state index contributed by atoms with van der Waals surface area (Å²) >= 11 is 3.34. The van der Waals surface area contributed by atoms with Gasteiger partial charge in [-0.2, -0.15) is 0 Å². The van der Waals surface area contributed by atoms with Gasteiger partial charge in [0.1, 0.15) is 12.4 Å². The van der Waals surface area contributed by atoms with Crippen LogP contribution >= 0.6 is 15.9 Å². The molecule has 1 heterocycles. The summed E-state index contributed by atoms with van der Waals surface area (Å²) in [6, 6.07) is 7.51. The second-order valence-electron chi connectivity index (χ2n) is 5.85. The van der Waals surface area contributed by atoms with Crippen LogP contribution in [0.25, 0.3) is 0 Å². The number of nitrogens with zero attached hydrogens (tertiary/aromatic N) is 1. The Morgan fingerprint density at radius 1 is 1.29 bits per heavy atom. The predicted octanol–water partition coefficient (Wildman–Crippen LogP) is 3.27. The van der Waals surface area contributed by atoms with Gasteiger partial charge in [-0.1, -0.05) is 15.9 Å². The van der Waals surface area contributed by atoms with Crippen LogP contribution in [0.5, 0.6) is 5.75 Å². The molecule has 1 N–H and O–H groups in total. The second kappa shape index (κ2) is 7.27. The van der Waals surface area contributed by atoms with Gasteiger partial charge in [-0.3, -0.25) is 9.69 Å². The maximum atomic E-state index is 11.8. The van der Waals surface area contributed by atoms with E-state index in [1.807, 2.05) is 38.1 Å². The first-order valence-electron chi connectivity index (χ1n) is 7.41. The van der Waals surface area contributed by atoms with E-state index in [1.54, 1.807) is 0 Å². The lowest BCUT2D eigenvalue weighted by atomic mass is 10.2. The third-order valence-corrected chi connectivity index (χ3v) is 3.89. The van der Waals surface area contributed by atoms with Gasteiger partial charge in [-0.15, -0.1) is 0 Å². The monoisotopic (exact) mass is 354 g/mol. The number of benzene rings is 1. The number of likely N-dealkylation sites (tertiary alicyclic amines) is 1. The lowest BCUT2D eigenvalue weighted by Gasteiger charge is -2.16. The number of carbonyl (C=O) groups is 1. The molecule has 0 radical (unpaired) electrons. The summed E-state index contributed by atoms with van der Waals surface area (Å²) in [4.78, 5) is 14.3. The Kier molecular flexibility index (Phi) is 5.65. The molecule has 1 aromatic carbocycles. The van der Waals surface area contributed by atoms with Crippen LogP contribution in [0.2, 0.25) is 0 Å². The highest BCUT2D eigenvalue weighted by Crippen LogP contribution is 2.21. The van der Waals surface area contributed by atoms with Crippen LogP contribution in [0.15, 0.2) is 24.3 Å². The fraction of sp³-hybridized carbons (Fsp3) is 0.562. The highest BCUT2D eigenvalue weighted by atomic mass is 79.9. The van der Waals surface area contributed by atoms with Crippen molar-refractivity contribution < 1.29 is 9.53 Å². The van der Waals surface area contributed by atoms with Crippen molar-refractivity contribution in [1.82, 2.24) is 4.90 Å². The first kappa shape index (κ1) is 16.3. The zero-order valence-corrected chi connectivity index (χ0v) is 14.3. The van der Waals surface area contributed by atoms with Crippen LogP contribution in [0, 0.1) is 0 Å². The fourth-order valence-corrected chi connectivity index (χ4v) is 2.31. The van der Waals surface area contributed by atoms with E-state index in [-0.39, 0.29) is 5.91 Å². The lowest BCUT2D eigenvalue weighted by molar-refractivity contribution is -0.117. The number of carbonyl (C=O) groups excluding carboxylic acids is 1. The van der Waals surface area contributed by atoms with Gasteiger partial charge in [0, 0.05) is 12.2 Å². The summed E-state index contributed by atoms with van der Waals surface area (Å²) in [5, 5.41) is 2.86. The van der Waals surface area contributed by atoms with Crippen LogP contribution in [-0.2, 0) is 4.79 Å². The summed E-state index contributed by atoms with van der Waals surface area (Å²) in [7, 11) is 0. The molecule has 1 amide bonds. The van der Waals surface area contributed by atoms with E-state index in [0.29, 0.717) is 6.61 Å². The topological polar surface area (TPSA) is 41.6 Å². The predicted molar refractivity (Wildman–Crippen MR) is 89.2 cm³/mol. The van der Waals surface area contributed by atoms with Crippen molar-refractivity contribution in [3.05, 3.63) is 24.3 Å². The Labute approximate surface area is 135 Å². The zero-order valence-electron chi connectivity index (χ0n) is 12.7. The summed E-state index contributed by atoms with van der Waals surface area (Å²) in [6.07, 6.45) is 2.61. The van der Waals surface area contributed by atoms with E-state index in [1.165, 1.54) is 25.9 Å². The average molecular weight is 355 g/mol. The molecule has 116 valence electrons. The molecular weight excluding hydrogens is 332 g/mol. The molecule has 0 saturated carbocycles. The lowest BCUT2D eigenvalue weighted by Crippen LogP contribution is -2.30. The molecule has 0 bridgehead atoms. The van der Waals surface area contributed by atoms with E-state index in [9.17, 15) is 4.79 Å². The van der Waals surface area contributed by atoms with Gasteiger partial charge in [-0.25, -0.2) is 0 Å².